The molecule has 144 valence electrons. The minimum atomic E-state index is -1.08. The van der Waals surface area contributed by atoms with Crippen LogP contribution in [0.25, 0.3) is 0 Å². The van der Waals surface area contributed by atoms with Crippen molar-refractivity contribution in [3.05, 3.63) is 23.3 Å². The predicted molar refractivity (Wildman–Crippen MR) is 109 cm³/mol. The summed E-state index contributed by atoms with van der Waals surface area (Å²) in [5.41, 5.74) is 2.92. The minimum absolute atomic E-state index is 0.285. The first-order valence-electron chi connectivity index (χ1n) is 9.71. The summed E-state index contributed by atoms with van der Waals surface area (Å²) in [4.78, 5) is 0. The molecule has 0 spiro atoms. The first-order valence-corrected chi connectivity index (χ1v) is 13.4. The number of hydrogen-bond donors (Lipinski definition) is 0. The molecule has 1 fully saturated rings. The number of benzene rings is 1. The first kappa shape index (κ1) is 19.9. The molecule has 1 heterocycles. The number of fused-ring (bicyclic) bond motifs is 1. The lowest BCUT2D eigenvalue weighted by Gasteiger charge is -2.32. The molecule has 0 N–H and O–H groups in total. The molecule has 26 heavy (non-hydrogen) atoms. The summed E-state index contributed by atoms with van der Waals surface area (Å²) in [5.74, 6) is 0.903. The molecule has 0 aromatic heterocycles. The van der Waals surface area contributed by atoms with Gasteiger partial charge in [-0.1, -0.05) is 31.8 Å². The van der Waals surface area contributed by atoms with Crippen LogP contribution in [0.1, 0.15) is 38.8 Å². The molecular formula is C20H33BO4Si. The predicted octanol–water partition coefficient (Wildman–Crippen LogP) is 3.78. The van der Waals surface area contributed by atoms with Gasteiger partial charge in [-0.2, -0.15) is 0 Å². The molecule has 0 saturated carbocycles. The molecule has 0 atom stereocenters. The molecule has 1 aliphatic carbocycles. The van der Waals surface area contributed by atoms with Crippen LogP contribution in [-0.2, 0) is 26.9 Å². The standard InChI is InChI=1S/C20H33BO4Si/c1-19(2)20(3,4)25-21(24-19)17-11-9-15-8-10-16(15)18(17)23-14-22-12-13-26(5,6)7/h9,11H,8,10,12-14H2,1-7H3. The maximum atomic E-state index is 6.24. The van der Waals surface area contributed by atoms with Gasteiger partial charge >= 0.3 is 7.12 Å². The summed E-state index contributed by atoms with van der Waals surface area (Å²) < 4.78 is 24.3. The van der Waals surface area contributed by atoms with E-state index in [-0.39, 0.29) is 18.0 Å². The fourth-order valence-corrected chi connectivity index (χ4v) is 3.90. The van der Waals surface area contributed by atoms with Gasteiger partial charge in [0.15, 0.2) is 6.79 Å². The molecule has 3 rings (SSSR count). The average Bonchev–Trinajstić information content (AvgIpc) is 2.67. The largest absolute Gasteiger partial charge is 0.498 e. The van der Waals surface area contributed by atoms with Crippen molar-refractivity contribution in [1.82, 2.24) is 0 Å². The van der Waals surface area contributed by atoms with Crippen molar-refractivity contribution < 1.29 is 18.8 Å². The van der Waals surface area contributed by atoms with Gasteiger partial charge in [0, 0.05) is 20.1 Å². The van der Waals surface area contributed by atoms with Gasteiger partial charge < -0.3 is 18.8 Å². The second-order valence-corrected chi connectivity index (χ2v) is 15.3. The molecule has 1 aliphatic heterocycles. The van der Waals surface area contributed by atoms with E-state index in [4.69, 9.17) is 18.8 Å². The van der Waals surface area contributed by atoms with Crippen LogP contribution in [-0.4, -0.2) is 39.8 Å². The molecular weight excluding hydrogens is 343 g/mol. The average molecular weight is 376 g/mol. The van der Waals surface area contributed by atoms with E-state index in [2.05, 4.69) is 59.5 Å². The maximum absolute atomic E-state index is 6.24. The summed E-state index contributed by atoms with van der Waals surface area (Å²) >= 11 is 0. The zero-order valence-corrected chi connectivity index (χ0v) is 18.4. The Labute approximate surface area is 159 Å². The normalized spacial score (nSPS) is 20.7. The highest BCUT2D eigenvalue weighted by molar-refractivity contribution is 6.76. The Bertz CT molecular complexity index is 651. The second-order valence-electron chi connectivity index (χ2n) is 9.69. The second kappa shape index (κ2) is 6.97. The van der Waals surface area contributed by atoms with Crippen molar-refractivity contribution in [2.75, 3.05) is 13.4 Å². The van der Waals surface area contributed by atoms with Crippen LogP contribution in [0.15, 0.2) is 12.1 Å². The Kier molecular flexibility index (Phi) is 5.34. The van der Waals surface area contributed by atoms with E-state index in [0.29, 0.717) is 0 Å². The molecule has 0 amide bonds. The van der Waals surface area contributed by atoms with Gasteiger partial charge in [-0.15, -0.1) is 0 Å². The molecule has 1 aromatic carbocycles. The molecule has 0 radical (unpaired) electrons. The van der Waals surface area contributed by atoms with Gasteiger partial charge in [-0.3, -0.25) is 0 Å². The summed E-state index contributed by atoms with van der Waals surface area (Å²) in [6.45, 7) is 16.4. The molecule has 0 bridgehead atoms. The molecule has 0 unspecified atom stereocenters. The van der Waals surface area contributed by atoms with E-state index in [1.807, 2.05) is 0 Å². The van der Waals surface area contributed by atoms with Crippen molar-refractivity contribution in [3.8, 4) is 5.75 Å². The lowest BCUT2D eigenvalue weighted by Crippen LogP contribution is -2.41. The van der Waals surface area contributed by atoms with Gasteiger partial charge in [-0.05, 0) is 57.7 Å². The number of aryl methyl sites for hydroxylation is 1. The summed E-state index contributed by atoms with van der Waals surface area (Å²) in [6.07, 6.45) is 2.17. The highest BCUT2D eigenvalue weighted by atomic mass is 28.3. The summed E-state index contributed by atoms with van der Waals surface area (Å²) in [7, 11) is -1.48. The monoisotopic (exact) mass is 376 g/mol. The third kappa shape index (κ3) is 4.03. The third-order valence-electron chi connectivity index (χ3n) is 5.82. The van der Waals surface area contributed by atoms with E-state index in [0.717, 1.165) is 36.7 Å². The third-order valence-corrected chi connectivity index (χ3v) is 7.53. The van der Waals surface area contributed by atoms with Crippen molar-refractivity contribution in [1.29, 1.82) is 0 Å². The Morgan fingerprint density at radius 1 is 1.04 bits per heavy atom. The van der Waals surface area contributed by atoms with Crippen LogP contribution in [0.5, 0.6) is 5.75 Å². The molecule has 6 heteroatoms. The van der Waals surface area contributed by atoms with Gasteiger partial charge in [0.05, 0.1) is 11.2 Å². The fraction of sp³-hybridized carbons (Fsp3) is 0.700. The van der Waals surface area contributed by atoms with Crippen LogP contribution in [0.4, 0.5) is 0 Å². The topological polar surface area (TPSA) is 36.9 Å². The van der Waals surface area contributed by atoms with Crippen LogP contribution in [0, 0.1) is 0 Å². The van der Waals surface area contributed by atoms with E-state index in [1.165, 1.54) is 11.1 Å². The molecule has 2 aliphatic rings. The van der Waals surface area contributed by atoms with Gasteiger partial charge in [0.1, 0.15) is 5.75 Å². The highest BCUT2D eigenvalue weighted by Crippen LogP contribution is 2.39. The number of hydrogen-bond acceptors (Lipinski definition) is 4. The van der Waals surface area contributed by atoms with Crippen molar-refractivity contribution in [3.63, 3.8) is 0 Å². The summed E-state index contributed by atoms with van der Waals surface area (Å²) in [6, 6.07) is 5.42. The van der Waals surface area contributed by atoms with E-state index >= 15 is 0 Å². The minimum Gasteiger partial charge on any atom is -0.468 e. The van der Waals surface area contributed by atoms with E-state index in [9.17, 15) is 0 Å². The number of ether oxygens (including phenoxy) is 2. The van der Waals surface area contributed by atoms with Crippen LogP contribution in [0.3, 0.4) is 0 Å². The Morgan fingerprint density at radius 3 is 2.23 bits per heavy atom. The van der Waals surface area contributed by atoms with Crippen molar-refractivity contribution in [2.24, 2.45) is 0 Å². The Morgan fingerprint density at radius 2 is 1.69 bits per heavy atom. The van der Waals surface area contributed by atoms with Gasteiger partial charge in [0.2, 0.25) is 0 Å². The van der Waals surface area contributed by atoms with E-state index < -0.39 is 15.2 Å². The SMILES string of the molecule is CC1(C)OB(c2ccc3c(c2OCOCC[Si](C)(C)C)CC3)OC1(C)C. The van der Waals surface area contributed by atoms with Crippen LogP contribution in [0.2, 0.25) is 25.7 Å². The van der Waals surface area contributed by atoms with Crippen LogP contribution >= 0.6 is 0 Å². The lowest BCUT2D eigenvalue weighted by atomic mass is 9.73. The molecule has 4 nitrogen and oxygen atoms in total. The van der Waals surface area contributed by atoms with Crippen LogP contribution < -0.4 is 10.2 Å². The molecule has 1 aromatic rings. The van der Waals surface area contributed by atoms with E-state index in [1.54, 1.807) is 0 Å². The Hall–Kier alpha value is -0.818. The summed E-state index contributed by atoms with van der Waals surface area (Å²) in [5, 5.41) is 0. The Balaban J connectivity index is 1.71. The van der Waals surface area contributed by atoms with Gasteiger partial charge in [-0.25, -0.2) is 0 Å². The zero-order valence-electron chi connectivity index (χ0n) is 17.4. The van der Waals surface area contributed by atoms with Crippen molar-refractivity contribution >= 4 is 20.7 Å². The lowest BCUT2D eigenvalue weighted by molar-refractivity contribution is 0.00578. The highest BCUT2D eigenvalue weighted by Gasteiger charge is 2.52. The smallest absolute Gasteiger partial charge is 0.468 e. The fourth-order valence-electron chi connectivity index (χ4n) is 3.14. The first-order chi connectivity index (χ1) is 12.0. The van der Waals surface area contributed by atoms with Gasteiger partial charge in [0.25, 0.3) is 0 Å². The van der Waals surface area contributed by atoms with Crippen molar-refractivity contribution in [2.45, 2.75) is 77.4 Å². The molecule has 1 saturated heterocycles. The maximum Gasteiger partial charge on any atom is 0.498 e. The zero-order chi connectivity index (χ0) is 19.2. The number of rotatable bonds is 7. The quantitative estimate of drug-likeness (QED) is 0.412.